The molecule has 0 aliphatic heterocycles. The predicted octanol–water partition coefficient (Wildman–Crippen LogP) is 2.91. The van der Waals surface area contributed by atoms with Crippen LogP contribution in [-0.2, 0) is 0 Å². The van der Waals surface area contributed by atoms with Crippen molar-refractivity contribution in [3.8, 4) is 11.5 Å². The van der Waals surface area contributed by atoms with Crippen LogP contribution in [0.3, 0.4) is 0 Å². The van der Waals surface area contributed by atoms with E-state index in [9.17, 15) is 14.3 Å². The molecule has 22 heavy (non-hydrogen) atoms. The average molecular weight is 414 g/mol. The molecule has 0 fully saturated rings. The minimum Gasteiger partial charge on any atom is -0.504 e. The van der Waals surface area contributed by atoms with Crippen LogP contribution in [0, 0.1) is 9.39 Å². The fraction of sp³-hybridized carbons (Fsp3) is 0.0667. The van der Waals surface area contributed by atoms with Gasteiger partial charge in [0, 0.05) is 5.56 Å². The second kappa shape index (κ2) is 7.21. The Morgan fingerprint density at radius 3 is 2.86 bits per heavy atom. The lowest BCUT2D eigenvalue weighted by Gasteiger charge is -2.06. The summed E-state index contributed by atoms with van der Waals surface area (Å²) >= 11 is 1.96. The molecule has 7 heteroatoms. The average Bonchev–Trinajstić information content (AvgIpc) is 2.50. The van der Waals surface area contributed by atoms with Crippen LogP contribution in [0.4, 0.5) is 4.39 Å². The molecule has 0 saturated heterocycles. The number of hydrogen-bond acceptors (Lipinski definition) is 4. The Kier molecular flexibility index (Phi) is 5.31. The minimum atomic E-state index is -0.517. The molecule has 1 amide bonds. The molecule has 0 spiro atoms. The second-order valence-corrected chi connectivity index (χ2v) is 5.43. The van der Waals surface area contributed by atoms with Gasteiger partial charge in [-0.1, -0.05) is 6.07 Å². The number of phenols is 1. The summed E-state index contributed by atoms with van der Waals surface area (Å²) < 4.78 is 18.6. The van der Waals surface area contributed by atoms with Crippen LogP contribution >= 0.6 is 22.6 Å². The van der Waals surface area contributed by atoms with Gasteiger partial charge in [-0.05, 0) is 58.5 Å². The van der Waals surface area contributed by atoms with Crippen LogP contribution in [-0.4, -0.2) is 24.3 Å². The van der Waals surface area contributed by atoms with Gasteiger partial charge in [0.25, 0.3) is 5.91 Å². The van der Waals surface area contributed by atoms with Gasteiger partial charge in [-0.2, -0.15) is 5.10 Å². The van der Waals surface area contributed by atoms with E-state index in [1.54, 1.807) is 12.1 Å². The third kappa shape index (κ3) is 3.94. The number of hydrogen-bond donors (Lipinski definition) is 2. The maximum atomic E-state index is 13.0. The Bertz CT molecular complexity index is 735. The van der Waals surface area contributed by atoms with Crippen LogP contribution in [0.2, 0.25) is 0 Å². The summed E-state index contributed by atoms with van der Waals surface area (Å²) in [5.41, 5.74) is 3.12. The monoisotopic (exact) mass is 414 g/mol. The molecule has 114 valence electrons. The molecule has 0 bridgehead atoms. The number of aromatic hydroxyl groups is 1. The predicted molar refractivity (Wildman–Crippen MR) is 88.8 cm³/mol. The third-order valence-corrected chi connectivity index (χ3v) is 3.56. The topological polar surface area (TPSA) is 70.9 Å². The number of methoxy groups -OCH3 is 1. The number of amides is 1. The lowest BCUT2D eigenvalue weighted by Crippen LogP contribution is -2.17. The highest BCUT2D eigenvalue weighted by atomic mass is 127. The molecule has 0 radical (unpaired) electrons. The first kappa shape index (κ1) is 16.2. The van der Waals surface area contributed by atoms with E-state index in [0.29, 0.717) is 14.9 Å². The lowest BCUT2D eigenvalue weighted by atomic mass is 10.2. The van der Waals surface area contributed by atoms with E-state index in [4.69, 9.17) is 4.74 Å². The number of ether oxygens (including phenoxy) is 1. The lowest BCUT2D eigenvalue weighted by molar-refractivity contribution is 0.0954. The highest BCUT2D eigenvalue weighted by molar-refractivity contribution is 14.1. The summed E-state index contributed by atoms with van der Waals surface area (Å²) in [4.78, 5) is 11.8. The van der Waals surface area contributed by atoms with Crippen molar-refractivity contribution in [1.82, 2.24) is 5.43 Å². The molecule has 0 aliphatic rings. The molecular formula is C15H12FIN2O3. The van der Waals surface area contributed by atoms with Crippen molar-refractivity contribution in [2.45, 2.75) is 0 Å². The van der Waals surface area contributed by atoms with Crippen LogP contribution in [0.5, 0.6) is 11.5 Å². The van der Waals surface area contributed by atoms with Crippen molar-refractivity contribution in [3.05, 3.63) is 56.9 Å². The number of carbonyl (C=O) groups is 1. The van der Waals surface area contributed by atoms with Gasteiger partial charge in [-0.25, -0.2) is 9.82 Å². The van der Waals surface area contributed by atoms with Crippen LogP contribution < -0.4 is 10.2 Å². The van der Waals surface area contributed by atoms with Gasteiger partial charge in [0.2, 0.25) is 0 Å². The molecule has 0 saturated carbocycles. The van der Waals surface area contributed by atoms with Gasteiger partial charge in [0.1, 0.15) is 5.82 Å². The number of hydrazone groups is 1. The summed E-state index contributed by atoms with van der Waals surface area (Å²) in [5.74, 6) is -0.653. The van der Waals surface area contributed by atoms with Gasteiger partial charge < -0.3 is 9.84 Å². The van der Waals surface area contributed by atoms with E-state index in [-0.39, 0.29) is 11.3 Å². The summed E-state index contributed by atoms with van der Waals surface area (Å²) in [6, 6.07) is 8.56. The fourth-order valence-corrected chi connectivity index (χ4v) is 2.31. The minimum absolute atomic E-state index is 0.0454. The molecule has 0 aromatic heterocycles. The highest BCUT2D eigenvalue weighted by Crippen LogP contribution is 2.31. The highest BCUT2D eigenvalue weighted by Gasteiger charge is 2.08. The first-order valence-electron chi connectivity index (χ1n) is 6.16. The first-order valence-corrected chi connectivity index (χ1v) is 7.24. The smallest absolute Gasteiger partial charge is 0.271 e. The van der Waals surface area contributed by atoms with Gasteiger partial charge in [0.15, 0.2) is 11.5 Å². The Labute approximate surface area is 139 Å². The van der Waals surface area contributed by atoms with E-state index in [2.05, 4.69) is 10.5 Å². The molecule has 2 rings (SSSR count). The van der Waals surface area contributed by atoms with Crippen LogP contribution in [0.1, 0.15) is 15.9 Å². The van der Waals surface area contributed by atoms with Gasteiger partial charge in [-0.3, -0.25) is 4.79 Å². The van der Waals surface area contributed by atoms with Crippen molar-refractivity contribution in [3.63, 3.8) is 0 Å². The second-order valence-electron chi connectivity index (χ2n) is 4.26. The standard InChI is InChI=1S/C15H12FIN2O3/c1-22-13-6-9(5-12(17)14(13)20)8-18-19-15(21)10-3-2-4-11(16)7-10/h2-8,20H,1H3,(H,19,21)/b18-8-. The molecule has 2 N–H and O–H groups in total. The normalized spacial score (nSPS) is 10.7. The zero-order valence-corrected chi connectivity index (χ0v) is 13.7. The quantitative estimate of drug-likeness (QED) is 0.459. The summed E-state index contributed by atoms with van der Waals surface area (Å²) in [6.07, 6.45) is 1.40. The Morgan fingerprint density at radius 1 is 1.41 bits per heavy atom. The molecule has 0 aliphatic carbocycles. The molecule has 2 aromatic rings. The van der Waals surface area contributed by atoms with E-state index >= 15 is 0 Å². The van der Waals surface area contributed by atoms with Gasteiger partial charge in [0.05, 0.1) is 16.9 Å². The van der Waals surface area contributed by atoms with Crippen molar-refractivity contribution in [1.29, 1.82) is 0 Å². The zero-order valence-electron chi connectivity index (χ0n) is 11.5. The maximum Gasteiger partial charge on any atom is 0.271 e. The molecule has 2 aromatic carbocycles. The SMILES string of the molecule is COc1cc(/C=N\NC(=O)c2cccc(F)c2)cc(I)c1O. The third-order valence-electron chi connectivity index (χ3n) is 2.74. The molecule has 0 unspecified atom stereocenters. The number of rotatable bonds is 4. The molecule has 5 nitrogen and oxygen atoms in total. The van der Waals surface area contributed by atoms with E-state index in [0.717, 1.165) is 6.07 Å². The van der Waals surface area contributed by atoms with Crippen molar-refractivity contribution < 1.29 is 19.0 Å². The van der Waals surface area contributed by atoms with Crippen molar-refractivity contribution in [2.24, 2.45) is 5.10 Å². The van der Waals surface area contributed by atoms with E-state index < -0.39 is 11.7 Å². The summed E-state index contributed by atoms with van der Waals surface area (Å²) in [5, 5.41) is 13.5. The largest absolute Gasteiger partial charge is 0.504 e. The van der Waals surface area contributed by atoms with Gasteiger partial charge >= 0.3 is 0 Å². The molecular weight excluding hydrogens is 402 g/mol. The Morgan fingerprint density at radius 2 is 2.18 bits per heavy atom. The summed E-state index contributed by atoms with van der Waals surface area (Å²) in [6.45, 7) is 0. The zero-order chi connectivity index (χ0) is 16.1. The number of carbonyl (C=O) groups excluding carboxylic acids is 1. The van der Waals surface area contributed by atoms with E-state index in [1.165, 1.54) is 31.5 Å². The first-order chi connectivity index (χ1) is 10.5. The Balaban J connectivity index is 2.10. The molecule has 0 heterocycles. The van der Waals surface area contributed by atoms with Crippen LogP contribution in [0.15, 0.2) is 41.5 Å². The fourth-order valence-electron chi connectivity index (χ4n) is 1.68. The van der Waals surface area contributed by atoms with Crippen molar-refractivity contribution in [2.75, 3.05) is 7.11 Å². The number of nitrogens with one attached hydrogen (secondary N) is 1. The summed E-state index contributed by atoms with van der Waals surface area (Å²) in [7, 11) is 1.44. The van der Waals surface area contributed by atoms with Crippen molar-refractivity contribution >= 4 is 34.7 Å². The van der Waals surface area contributed by atoms with E-state index in [1.807, 2.05) is 22.6 Å². The van der Waals surface area contributed by atoms with Gasteiger partial charge in [-0.15, -0.1) is 0 Å². The number of phenolic OH excluding ortho intramolecular Hbond substituents is 1. The number of nitrogens with zero attached hydrogens (tertiary/aromatic N) is 1. The molecule has 0 atom stereocenters. The maximum absolute atomic E-state index is 13.0. The Hall–Kier alpha value is -2.16. The van der Waals surface area contributed by atoms with Crippen LogP contribution in [0.25, 0.3) is 0 Å². The number of halogens is 2. The number of benzene rings is 2.